The van der Waals surface area contributed by atoms with Crippen molar-refractivity contribution in [2.75, 3.05) is 72.9 Å². The van der Waals surface area contributed by atoms with E-state index in [-0.39, 0.29) is 24.0 Å². The fourth-order valence-electron chi connectivity index (χ4n) is 3.57. The number of guanidine groups is 1. The van der Waals surface area contributed by atoms with Crippen LogP contribution in [0.15, 0.2) is 4.99 Å². The summed E-state index contributed by atoms with van der Waals surface area (Å²) in [5, 5.41) is 6.86. The highest BCUT2D eigenvalue weighted by Gasteiger charge is 2.26. The van der Waals surface area contributed by atoms with Crippen LogP contribution in [0.4, 0.5) is 0 Å². The number of halogens is 1. The van der Waals surface area contributed by atoms with Gasteiger partial charge in [0.1, 0.15) is 0 Å². The Balaban J connectivity index is 0.00000784. The summed E-state index contributed by atoms with van der Waals surface area (Å²) in [7, 11) is 1.82. The second-order valence-corrected chi connectivity index (χ2v) is 7.25. The van der Waals surface area contributed by atoms with E-state index in [0.29, 0.717) is 31.8 Å². The number of ether oxygens (including phenoxy) is 3. The summed E-state index contributed by atoms with van der Waals surface area (Å²) in [5.41, 5.74) is 0. The van der Waals surface area contributed by atoms with E-state index in [2.05, 4.69) is 41.3 Å². The Morgan fingerprint density at radius 2 is 1.66 bits per heavy atom. The van der Waals surface area contributed by atoms with Gasteiger partial charge in [-0.25, -0.2) is 0 Å². The molecule has 1 rings (SSSR count). The molecule has 0 amide bonds. The summed E-state index contributed by atoms with van der Waals surface area (Å²) in [6.07, 6.45) is 4.67. The Bertz CT molecular complexity index is 392. The minimum atomic E-state index is 0. The first kappa shape index (κ1) is 28.8. The zero-order chi connectivity index (χ0) is 20.5. The van der Waals surface area contributed by atoms with Crippen LogP contribution in [0, 0.1) is 5.92 Å². The highest BCUT2D eigenvalue weighted by Crippen LogP contribution is 2.19. The zero-order valence-corrected chi connectivity index (χ0v) is 21.4. The summed E-state index contributed by atoms with van der Waals surface area (Å²) < 4.78 is 16.6. The molecule has 0 bridgehead atoms. The summed E-state index contributed by atoms with van der Waals surface area (Å²) >= 11 is 0. The third kappa shape index (κ3) is 13.0. The van der Waals surface area contributed by atoms with Gasteiger partial charge in [0.25, 0.3) is 0 Å². The number of hydrogen-bond acceptors (Lipinski definition) is 5. The van der Waals surface area contributed by atoms with Crippen LogP contribution in [-0.4, -0.2) is 89.8 Å². The van der Waals surface area contributed by atoms with Gasteiger partial charge >= 0.3 is 0 Å². The average molecular weight is 529 g/mol. The van der Waals surface area contributed by atoms with E-state index >= 15 is 0 Å². The van der Waals surface area contributed by atoms with Crippen molar-refractivity contribution in [1.29, 1.82) is 0 Å². The highest BCUT2D eigenvalue weighted by atomic mass is 127. The molecule has 0 aromatic rings. The second-order valence-electron chi connectivity index (χ2n) is 7.25. The number of nitrogens with one attached hydrogen (secondary N) is 2. The van der Waals surface area contributed by atoms with Crippen LogP contribution in [0.2, 0.25) is 0 Å². The molecule has 1 aliphatic rings. The van der Waals surface area contributed by atoms with E-state index in [1.807, 2.05) is 7.05 Å². The number of morpholine rings is 1. The van der Waals surface area contributed by atoms with E-state index in [1.54, 1.807) is 0 Å². The Labute approximate surface area is 195 Å². The molecule has 1 saturated heterocycles. The van der Waals surface area contributed by atoms with Gasteiger partial charge < -0.3 is 24.8 Å². The van der Waals surface area contributed by atoms with Crippen molar-refractivity contribution >= 4 is 29.9 Å². The van der Waals surface area contributed by atoms with Gasteiger partial charge in [-0.05, 0) is 12.3 Å². The molecule has 2 N–H and O–H groups in total. The summed E-state index contributed by atoms with van der Waals surface area (Å²) in [6.45, 7) is 14.9. The topological polar surface area (TPSA) is 67.4 Å². The Morgan fingerprint density at radius 1 is 1.00 bits per heavy atom. The van der Waals surface area contributed by atoms with Crippen LogP contribution in [-0.2, 0) is 14.2 Å². The van der Waals surface area contributed by atoms with Crippen LogP contribution in [0.1, 0.15) is 46.5 Å². The van der Waals surface area contributed by atoms with Gasteiger partial charge in [0, 0.05) is 45.9 Å². The molecule has 1 atom stereocenters. The predicted octanol–water partition coefficient (Wildman–Crippen LogP) is 2.74. The second kappa shape index (κ2) is 19.8. The minimum Gasteiger partial charge on any atom is -0.379 e. The highest BCUT2D eigenvalue weighted by molar-refractivity contribution is 14.0. The van der Waals surface area contributed by atoms with Gasteiger partial charge in [-0.2, -0.15) is 0 Å². The van der Waals surface area contributed by atoms with E-state index in [1.165, 1.54) is 19.3 Å². The van der Waals surface area contributed by atoms with Gasteiger partial charge in [0.05, 0.1) is 33.0 Å². The van der Waals surface area contributed by atoms with Crippen molar-refractivity contribution in [2.45, 2.75) is 52.5 Å². The lowest BCUT2D eigenvalue weighted by molar-refractivity contribution is 0.00271. The maximum absolute atomic E-state index is 5.61. The number of aliphatic imine (C=N–C) groups is 1. The molecular formula is C21H45IN4O3. The molecule has 1 fully saturated rings. The SMILES string of the molecule is CCCCOCCOCCNC(=NC)NCC(C(CC)CC)N1CCOCC1.I. The van der Waals surface area contributed by atoms with Crippen LogP contribution >= 0.6 is 24.0 Å². The van der Waals surface area contributed by atoms with Gasteiger partial charge in [-0.1, -0.05) is 40.0 Å². The van der Waals surface area contributed by atoms with Gasteiger partial charge in [0.15, 0.2) is 5.96 Å². The molecular weight excluding hydrogens is 483 g/mol. The zero-order valence-electron chi connectivity index (χ0n) is 19.1. The van der Waals surface area contributed by atoms with Crippen molar-refractivity contribution in [3.63, 3.8) is 0 Å². The molecule has 0 aromatic heterocycles. The molecule has 0 radical (unpaired) electrons. The largest absolute Gasteiger partial charge is 0.379 e. The predicted molar refractivity (Wildman–Crippen MR) is 132 cm³/mol. The average Bonchev–Trinajstić information content (AvgIpc) is 2.74. The number of nitrogens with zero attached hydrogens (tertiary/aromatic N) is 2. The molecule has 0 aliphatic carbocycles. The quantitative estimate of drug-likeness (QED) is 0.148. The normalized spacial score (nSPS) is 16.5. The van der Waals surface area contributed by atoms with Crippen molar-refractivity contribution in [2.24, 2.45) is 10.9 Å². The minimum absolute atomic E-state index is 0. The number of rotatable bonds is 15. The smallest absolute Gasteiger partial charge is 0.191 e. The molecule has 8 heteroatoms. The van der Waals surface area contributed by atoms with E-state index in [0.717, 1.165) is 58.4 Å². The molecule has 0 spiro atoms. The molecule has 0 aromatic carbocycles. The third-order valence-corrected chi connectivity index (χ3v) is 5.36. The Kier molecular flexibility index (Phi) is 19.7. The summed E-state index contributed by atoms with van der Waals surface area (Å²) in [5.74, 6) is 1.52. The first-order chi connectivity index (χ1) is 13.8. The van der Waals surface area contributed by atoms with Crippen molar-refractivity contribution < 1.29 is 14.2 Å². The lowest BCUT2D eigenvalue weighted by Gasteiger charge is -2.39. The third-order valence-electron chi connectivity index (χ3n) is 5.36. The maximum atomic E-state index is 5.61. The molecule has 0 saturated carbocycles. The lowest BCUT2D eigenvalue weighted by atomic mass is 9.92. The van der Waals surface area contributed by atoms with Gasteiger partial charge in [0.2, 0.25) is 0 Å². The van der Waals surface area contributed by atoms with Crippen molar-refractivity contribution in [3.05, 3.63) is 0 Å². The Hall–Kier alpha value is -0.160. The molecule has 1 heterocycles. The standard InChI is InChI=1S/C21H44N4O3.HI/c1-5-8-12-26-16-17-27-13-9-23-21(22-4)24-18-20(19(6-2)7-3)25-10-14-28-15-11-25;/h19-20H,5-18H2,1-4H3,(H2,22,23,24);1H. The van der Waals surface area contributed by atoms with Gasteiger partial charge in [-0.3, -0.25) is 9.89 Å². The van der Waals surface area contributed by atoms with Crippen LogP contribution in [0.3, 0.4) is 0 Å². The van der Waals surface area contributed by atoms with Gasteiger partial charge in [-0.15, -0.1) is 24.0 Å². The van der Waals surface area contributed by atoms with E-state index < -0.39 is 0 Å². The van der Waals surface area contributed by atoms with Crippen molar-refractivity contribution in [3.8, 4) is 0 Å². The number of hydrogen-bond donors (Lipinski definition) is 2. The molecule has 29 heavy (non-hydrogen) atoms. The molecule has 7 nitrogen and oxygen atoms in total. The maximum Gasteiger partial charge on any atom is 0.191 e. The first-order valence-corrected chi connectivity index (χ1v) is 11.2. The molecule has 174 valence electrons. The van der Waals surface area contributed by atoms with E-state index in [4.69, 9.17) is 14.2 Å². The monoisotopic (exact) mass is 528 g/mol. The van der Waals surface area contributed by atoms with E-state index in [9.17, 15) is 0 Å². The number of unbranched alkanes of at least 4 members (excludes halogenated alkanes) is 1. The van der Waals surface area contributed by atoms with Crippen LogP contribution < -0.4 is 10.6 Å². The fraction of sp³-hybridized carbons (Fsp3) is 0.952. The summed E-state index contributed by atoms with van der Waals surface area (Å²) in [6, 6.07) is 0.508. The fourth-order valence-corrected chi connectivity index (χ4v) is 3.57. The molecule has 1 aliphatic heterocycles. The summed E-state index contributed by atoms with van der Waals surface area (Å²) in [4.78, 5) is 6.93. The Morgan fingerprint density at radius 3 is 2.24 bits per heavy atom. The lowest BCUT2D eigenvalue weighted by Crippen LogP contribution is -2.53. The van der Waals surface area contributed by atoms with Crippen molar-refractivity contribution in [1.82, 2.24) is 15.5 Å². The van der Waals surface area contributed by atoms with Crippen LogP contribution in [0.5, 0.6) is 0 Å². The molecule has 1 unspecified atom stereocenters. The first-order valence-electron chi connectivity index (χ1n) is 11.2. The van der Waals surface area contributed by atoms with Crippen LogP contribution in [0.25, 0.3) is 0 Å².